The van der Waals surface area contributed by atoms with Gasteiger partial charge in [0.25, 0.3) is 0 Å². The molecule has 4 aromatic rings. The number of nitrogens with zero attached hydrogens (tertiary/aromatic N) is 3. The number of halogens is 2. The molecule has 4 N–H and O–H groups in total. The second kappa shape index (κ2) is 9.26. The molecule has 2 aromatic carbocycles. The highest BCUT2D eigenvalue weighted by atomic mass is 19.1. The zero-order valence-electron chi connectivity index (χ0n) is 18.4. The van der Waals surface area contributed by atoms with E-state index in [2.05, 4.69) is 20.5 Å². The Bertz CT molecular complexity index is 1290. The van der Waals surface area contributed by atoms with E-state index >= 15 is 0 Å². The zero-order valence-corrected chi connectivity index (χ0v) is 18.4. The number of hydrogen-bond donors (Lipinski definition) is 3. The Balaban J connectivity index is 1.67. The van der Waals surface area contributed by atoms with Crippen molar-refractivity contribution in [1.29, 1.82) is 0 Å². The first kappa shape index (κ1) is 22.8. The molecule has 0 aliphatic rings. The fraction of sp³-hybridized carbons (Fsp3) is 0.167. The number of anilines is 2. The molecular weight excluding hydrogens is 442 g/mol. The third-order valence-electron chi connectivity index (χ3n) is 5.73. The molecule has 174 valence electrons. The number of hydrogen-bond acceptors (Lipinski definition) is 5. The maximum absolute atomic E-state index is 13.5. The van der Waals surface area contributed by atoms with Crippen LogP contribution in [-0.4, -0.2) is 31.9 Å². The molecule has 8 nitrogen and oxygen atoms in total. The van der Waals surface area contributed by atoms with Crippen LogP contribution in [0.25, 0.3) is 10.9 Å². The third-order valence-corrected chi connectivity index (χ3v) is 5.73. The van der Waals surface area contributed by atoms with Crippen LogP contribution >= 0.6 is 0 Å². The van der Waals surface area contributed by atoms with Crippen LogP contribution in [-0.2, 0) is 9.59 Å². The van der Waals surface area contributed by atoms with Crippen molar-refractivity contribution in [3.63, 3.8) is 0 Å². The summed E-state index contributed by atoms with van der Waals surface area (Å²) < 4.78 is 26.9. The number of carbonyl (C=O) groups excluding carboxylic acids is 2. The number of amides is 2. The average Bonchev–Trinajstić information content (AvgIpc) is 3.33. The van der Waals surface area contributed by atoms with Crippen LogP contribution in [0.3, 0.4) is 0 Å². The smallest absolute Gasteiger partial charge is 0.314 e. The zero-order chi connectivity index (χ0) is 24.4. The molecule has 2 atom stereocenters. The fourth-order valence-corrected chi connectivity index (χ4v) is 3.83. The normalized spacial score (nSPS) is 12.8. The van der Waals surface area contributed by atoms with Crippen LogP contribution in [0.1, 0.15) is 37.1 Å². The molecule has 34 heavy (non-hydrogen) atoms. The SMILES string of the molecule is CC(c1ccc(F)cc1)N(C(=O)C(=O)Nc1cnc(N)c2cn[nH]c12)C(C)c1ccc(F)cc1. The van der Waals surface area contributed by atoms with Gasteiger partial charge in [0.15, 0.2) is 0 Å². The van der Waals surface area contributed by atoms with Gasteiger partial charge in [-0.2, -0.15) is 5.10 Å². The van der Waals surface area contributed by atoms with Crippen LogP contribution in [0.4, 0.5) is 20.3 Å². The summed E-state index contributed by atoms with van der Waals surface area (Å²) in [6.07, 6.45) is 2.80. The summed E-state index contributed by atoms with van der Waals surface area (Å²) in [4.78, 5) is 31.9. The molecule has 0 saturated carbocycles. The highest BCUT2D eigenvalue weighted by molar-refractivity contribution is 6.40. The first-order chi connectivity index (χ1) is 16.3. The van der Waals surface area contributed by atoms with Gasteiger partial charge in [-0.05, 0) is 49.2 Å². The van der Waals surface area contributed by atoms with Gasteiger partial charge in [-0.3, -0.25) is 14.7 Å². The standard InChI is InChI=1S/C24H22F2N6O2/c1-13(15-3-7-17(25)8-4-15)32(14(2)16-5-9-18(26)10-6-16)24(34)23(33)30-20-12-28-22(27)19-11-29-31-21(19)20/h3-14H,1-2H3,(H2,27,28)(H,29,31)(H,30,33). The minimum atomic E-state index is -0.912. The summed E-state index contributed by atoms with van der Waals surface area (Å²) in [6.45, 7) is 3.46. The van der Waals surface area contributed by atoms with E-state index in [4.69, 9.17) is 5.73 Å². The molecule has 2 heterocycles. The molecule has 10 heteroatoms. The van der Waals surface area contributed by atoms with Crippen LogP contribution < -0.4 is 11.1 Å². The van der Waals surface area contributed by atoms with Crippen molar-refractivity contribution in [3.8, 4) is 0 Å². The number of fused-ring (bicyclic) bond motifs is 1. The molecule has 0 aliphatic heterocycles. The maximum atomic E-state index is 13.5. The topological polar surface area (TPSA) is 117 Å². The van der Waals surface area contributed by atoms with Crippen LogP contribution in [0.2, 0.25) is 0 Å². The first-order valence-electron chi connectivity index (χ1n) is 10.5. The highest BCUT2D eigenvalue weighted by Crippen LogP contribution is 2.31. The van der Waals surface area contributed by atoms with Gasteiger partial charge in [-0.15, -0.1) is 0 Å². The van der Waals surface area contributed by atoms with Gasteiger partial charge in [0.2, 0.25) is 0 Å². The van der Waals surface area contributed by atoms with Crippen molar-refractivity contribution in [2.45, 2.75) is 25.9 Å². The van der Waals surface area contributed by atoms with Gasteiger partial charge in [-0.25, -0.2) is 13.8 Å². The van der Waals surface area contributed by atoms with Crippen LogP contribution in [0.15, 0.2) is 60.9 Å². The summed E-state index contributed by atoms with van der Waals surface area (Å²) in [5.41, 5.74) is 7.75. The summed E-state index contributed by atoms with van der Waals surface area (Å²) in [5.74, 6) is -2.36. The minimum Gasteiger partial charge on any atom is -0.383 e. The van der Waals surface area contributed by atoms with E-state index < -0.39 is 35.5 Å². The van der Waals surface area contributed by atoms with Gasteiger partial charge in [0, 0.05) is 0 Å². The summed E-state index contributed by atoms with van der Waals surface area (Å²) in [5, 5.41) is 9.71. The van der Waals surface area contributed by atoms with Crippen molar-refractivity contribution in [3.05, 3.63) is 83.7 Å². The Hall–Kier alpha value is -4.34. The number of aromatic amines is 1. The van der Waals surface area contributed by atoms with Crippen molar-refractivity contribution < 1.29 is 18.4 Å². The molecule has 2 unspecified atom stereocenters. The lowest BCUT2D eigenvalue weighted by Gasteiger charge is -2.35. The lowest BCUT2D eigenvalue weighted by molar-refractivity contribution is -0.146. The molecule has 0 radical (unpaired) electrons. The summed E-state index contributed by atoms with van der Waals surface area (Å²) in [6, 6.07) is 10.1. The molecule has 0 spiro atoms. The summed E-state index contributed by atoms with van der Waals surface area (Å²) >= 11 is 0. The van der Waals surface area contributed by atoms with Gasteiger partial charge in [0.1, 0.15) is 17.5 Å². The van der Waals surface area contributed by atoms with E-state index in [9.17, 15) is 18.4 Å². The molecular formula is C24H22F2N6O2. The molecule has 0 fully saturated rings. The largest absolute Gasteiger partial charge is 0.383 e. The number of pyridine rings is 1. The number of benzene rings is 2. The number of aromatic nitrogens is 3. The van der Waals surface area contributed by atoms with Crippen LogP contribution in [0.5, 0.6) is 0 Å². The number of H-pyrrole nitrogens is 1. The lowest BCUT2D eigenvalue weighted by atomic mass is 10.0. The Morgan fingerprint density at radius 1 is 0.941 bits per heavy atom. The Kier molecular flexibility index (Phi) is 6.22. The van der Waals surface area contributed by atoms with Crippen LogP contribution in [0, 0.1) is 11.6 Å². The van der Waals surface area contributed by atoms with Crippen molar-refractivity contribution in [2.75, 3.05) is 11.1 Å². The van der Waals surface area contributed by atoms with Gasteiger partial charge >= 0.3 is 11.8 Å². The predicted molar refractivity (Wildman–Crippen MR) is 123 cm³/mol. The molecule has 0 bridgehead atoms. The van der Waals surface area contributed by atoms with Gasteiger partial charge in [-0.1, -0.05) is 24.3 Å². The minimum absolute atomic E-state index is 0.226. The van der Waals surface area contributed by atoms with Crippen molar-refractivity contribution in [1.82, 2.24) is 20.1 Å². The van der Waals surface area contributed by atoms with E-state index in [-0.39, 0.29) is 11.5 Å². The number of nitrogens with one attached hydrogen (secondary N) is 2. The molecule has 2 aromatic heterocycles. The number of nitrogens with two attached hydrogens (primary N) is 1. The fourth-order valence-electron chi connectivity index (χ4n) is 3.83. The van der Waals surface area contributed by atoms with Gasteiger partial charge in [0.05, 0.1) is 41.1 Å². The van der Waals surface area contributed by atoms with Crippen molar-refractivity contribution in [2.24, 2.45) is 0 Å². The maximum Gasteiger partial charge on any atom is 0.314 e. The number of carbonyl (C=O) groups is 2. The Morgan fingerprint density at radius 3 is 2.00 bits per heavy atom. The average molecular weight is 464 g/mol. The van der Waals surface area contributed by atoms with E-state index in [1.165, 1.54) is 41.6 Å². The molecule has 0 aliphatic carbocycles. The second-order valence-corrected chi connectivity index (χ2v) is 7.84. The van der Waals surface area contributed by atoms with E-state index in [1.807, 2.05) is 0 Å². The Morgan fingerprint density at radius 2 is 1.47 bits per heavy atom. The van der Waals surface area contributed by atoms with E-state index in [0.29, 0.717) is 22.0 Å². The Labute approximate surface area is 193 Å². The quantitative estimate of drug-likeness (QED) is 0.384. The number of nitrogen functional groups attached to an aromatic ring is 1. The molecule has 4 rings (SSSR count). The summed E-state index contributed by atoms with van der Waals surface area (Å²) in [7, 11) is 0. The lowest BCUT2D eigenvalue weighted by Crippen LogP contribution is -2.42. The second-order valence-electron chi connectivity index (χ2n) is 7.84. The van der Waals surface area contributed by atoms with E-state index in [1.54, 1.807) is 38.1 Å². The predicted octanol–water partition coefficient (Wildman–Crippen LogP) is 4.11. The molecule has 0 saturated heterocycles. The van der Waals surface area contributed by atoms with Gasteiger partial charge < -0.3 is 16.0 Å². The monoisotopic (exact) mass is 464 g/mol. The van der Waals surface area contributed by atoms with E-state index in [0.717, 1.165) is 0 Å². The molecule has 2 amide bonds. The van der Waals surface area contributed by atoms with Crippen molar-refractivity contribution >= 4 is 34.2 Å². The third kappa shape index (κ3) is 4.42. The number of rotatable bonds is 5. The first-order valence-corrected chi connectivity index (χ1v) is 10.5. The highest BCUT2D eigenvalue weighted by Gasteiger charge is 2.32.